The van der Waals surface area contributed by atoms with Gasteiger partial charge in [0.1, 0.15) is 0 Å². The average Bonchev–Trinajstić information content (AvgIpc) is 3.09. The summed E-state index contributed by atoms with van der Waals surface area (Å²) in [5, 5.41) is 10.5. The first-order valence-corrected chi connectivity index (χ1v) is 15.7. The molecule has 0 aliphatic rings. The minimum atomic E-state index is -0.989. The molecule has 0 fully saturated rings. The summed E-state index contributed by atoms with van der Waals surface area (Å²) in [6.45, 7) is 7.30. The summed E-state index contributed by atoms with van der Waals surface area (Å²) in [6.07, 6.45) is 0. The standard InChI is InChI=1S/C42H39BNO2/c1-41(2,45)42(3,4)46-43-36-25-29-38(30-26-36)44(40-18-12-11-17-39(40)35-15-9-6-10-16-35)37-27-23-34(24-28-37)33-21-19-32(20-22-33)31-13-7-5-8-14-31/h5-30,45H,1-4H3. The molecule has 0 aromatic heterocycles. The summed E-state index contributed by atoms with van der Waals surface area (Å²) in [7, 11) is 1.72. The van der Waals surface area contributed by atoms with Crippen LogP contribution in [0, 0.1) is 0 Å². The molecule has 46 heavy (non-hydrogen) atoms. The van der Waals surface area contributed by atoms with Crippen molar-refractivity contribution in [3.05, 3.63) is 158 Å². The molecule has 0 bridgehead atoms. The summed E-state index contributed by atoms with van der Waals surface area (Å²) >= 11 is 0. The molecule has 0 atom stereocenters. The molecule has 4 heteroatoms. The first kappa shape index (κ1) is 31.1. The van der Waals surface area contributed by atoms with E-state index in [0.29, 0.717) is 0 Å². The van der Waals surface area contributed by atoms with Gasteiger partial charge in [-0.15, -0.1) is 0 Å². The van der Waals surface area contributed by atoms with Gasteiger partial charge in [0.05, 0.1) is 16.9 Å². The molecule has 6 rings (SSSR count). The lowest BCUT2D eigenvalue weighted by molar-refractivity contribution is -0.0893. The van der Waals surface area contributed by atoms with Crippen molar-refractivity contribution in [1.82, 2.24) is 0 Å². The molecule has 6 aromatic carbocycles. The molecule has 0 aliphatic carbocycles. The van der Waals surface area contributed by atoms with Crippen LogP contribution in [-0.4, -0.2) is 23.8 Å². The van der Waals surface area contributed by atoms with E-state index < -0.39 is 11.2 Å². The van der Waals surface area contributed by atoms with Gasteiger partial charge in [0.25, 0.3) is 0 Å². The molecule has 0 unspecified atom stereocenters. The molecular weight excluding hydrogens is 561 g/mol. The number of para-hydroxylation sites is 1. The highest BCUT2D eigenvalue weighted by atomic mass is 16.5. The van der Waals surface area contributed by atoms with Crippen molar-refractivity contribution < 1.29 is 9.76 Å². The summed E-state index contributed by atoms with van der Waals surface area (Å²) in [5.74, 6) is 0. The van der Waals surface area contributed by atoms with E-state index in [9.17, 15) is 5.11 Å². The maximum absolute atomic E-state index is 10.5. The van der Waals surface area contributed by atoms with E-state index >= 15 is 0 Å². The van der Waals surface area contributed by atoms with Gasteiger partial charge in [-0.3, -0.25) is 0 Å². The number of nitrogens with zero attached hydrogens (tertiary/aromatic N) is 1. The monoisotopic (exact) mass is 600 g/mol. The fourth-order valence-electron chi connectivity index (χ4n) is 5.31. The highest BCUT2D eigenvalue weighted by Crippen LogP contribution is 2.41. The second-order valence-corrected chi connectivity index (χ2v) is 12.6. The number of benzene rings is 6. The molecule has 0 saturated carbocycles. The Balaban J connectivity index is 1.34. The molecule has 3 nitrogen and oxygen atoms in total. The number of hydrogen-bond acceptors (Lipinski definition) is 3. The van der Waals surface area contributed by atoms with Crippen molar-refractivity contribution in [3.8, 4) is 33.4 Å². The third-order valence-electron chi connectivity index (χ3n) is 8.79. The number of hydrogen-bond donors (Lipinski definition) is 1. The van der Waals surface area contributed by atoms with E-state index in [-0.39, 0.29) is 0 Å². The minimum absolute atomic E-state index is 0.740. The molecular formula is C42H39BNO2. The summed E-state index contributed by atoms with van der Waals surface area (Å²) in [4.78, 5) is 2.30. The molecule has 0 heterocycles. The molecule has 6 aromatic rings. The first-order chi connectivity index (χ1) is 22.2. The lowest BCUT2D eigenvalue weighted by Gasteiger charge is -2.37. The van der Waals surface area contributed by atoms with Crippen molar-refractivity contribution in [1.29, 1.82) is 0 Å². The fraction of sp³-hybridized carbons (Fsp3) is 0.143. The zero-order chi connectivity index (χ0) is 32.1. The van der Waals surface area contributed by atoms with Gasteiger partial charge >= 0.3 is 7.48 Å². The quantitative estimate of drug-likeness (QED) is 0.159. The van der Waals surface area contributed by atoms with Crippen LogP contribution in [0.1, 0.15) is 27.7 Å². The van der Waals surface area contributed by atoms with Crippen LogP contribution in [-0.2, 0) is 4.65 Å². The van der Waals surface area contributed by atoms with Crippen LogP contribution in [0.3, 0.4) is 0 Å². The summed E-state index contributed by atoms with van der Waals surface area (Å²) < 4.78 is 6.03. The van der Waals surface area contributed by atoms with Crippen LogP contribution in [0.5, 0.6) is 0 Å². The first-order valence-electron chi connectivity index (χ1n) is 15.7. The van der Waals surface area contributed by atoms with E-state index in [4.69, 9.17) is 4.65 Å². The van der Waals surface area contributed by atoms with Crippen LogP contribution in [0.2, 0.25) is 0 Å². The molecule has 0 spiro atoms. The van der Waals surface area contributed by atoms with Crippen LogP contribution in [0.4, 0.5) is 17.1 Å². The van der Waals surface area contributed by atoms with E-state index in [2.05, 4.69) is 150 Å². The van der Waals surface area contributed by atoms with Gasteiger partial charge in [0, 0.05) is 16.9 Å². The third kappa shape index (κ3) is 6.84. The second kappa shape index (κ2) is 13.2. The Bertz CT molecular complexity index is 1860. The zero-order valence-corrected chi connectivity index (χ0v) is 26.9. The molecule has 1 radical (unpaired) electrons. The van der Waals surface area contributed by atoms with Crippen molar-refractivity contribution >= 4 is 30.0 Å². The SMILES string of the molecule is CC(C)(O)C(C)(C)O[B]c1ccc(N(c2ccc(-c3ccc(-c4ccccc4)cc3)cc2)c2ccccc2-c2ccccc2)cc1. The lowest BCUT2D eigenvalue weighted by atomic mass is 9.82. The van der Waals surface area contributed by atoms with E-state index in [1.165, 1.54) is 16.7 Å². The number of aliphatic hydroxyl groups is 1. The zero-order valence-electron chi connectivity index (χ0n) is 26.9. The predicted octanol–water partition coefficient (Wildman–Crippen LogP) is 9.97. The van der Waals surface area contributed by atoms with Crippen LogP contribution in [0.15, 0.2) is 158 Å². The molecule has 0 amide bonds. The van der Waals surface area contributed by atoms with Crippen molar-refractivity contribution in [2.24, 2.45) is 0 Å². The van der Waals surface area contributed by atoms with Crippen molar-refractivity contribution in [2.45, 2.75) is 38.9 Å². The fourth-order valence-corrected chi connectivity index (χ4v) is 5.31. The minimum Gasteiger partial charge on any atom is -0.427 e. The van der Waals surface area contributed by atoms with Gasteiger partial charge in [-0.05, 0) is 85.8 Å². The predicted molar refractivity (Wildman–Crippen MR) is 194 cm³/mol. The van der Waals surface area contributed by atoms with Crippen LogP contribution in [0.25, 0.3) is 33.4 Å². The summed E-state index contributed by atoms with van der Waals surface area (Å²) in [5.41, 5.74) is 9.44. The number of anilines is 3. The van der Waals surface area contributed by atoms with Gasteiger partial charge in [0.2, 0.25) is 0 Å². The van der Waals surface area contributed by atoms with Crippen LogP contribution >= 0.6 is 0 Å². The Kier molecular flexibility index (Phi) is 8.94. The van der Waals surface area contributed by atoms with E-state index in [0.717, 1.165) is 39.2 Å². The average molecular weight is 601 g/mol. The van der Waals surface area contributed by atoms with Crippen molar-refractivity contribution in [2.75, 3.05) is 4.90 Å². The van der Waals surface area contributed by atoms with Gasteiger partial charge in [0.15, 0.2) is 0 Å². The van der Waals surface area contributed by atoms with Gasteiger partial charge < -0.3 is 14.7 Å². The second-order valence-electron chi connectivity index (χ2n) is 12.6. The van der Waals surface area contributed by atoms with E-state index in [1.807, 2.05) is 26.0 Å². The molecule has 227 valence electrons. The Morgan fingerprint density at radius 1 is 0.478 bits per heavy atom. The van der Waals surface area contributed by atoms with E-state index in [1.54, 1.807) is 21.3 Å². The number of rotatable bonds is 10. The molecule has 0 saturated heterocycles. The highest BCUT2D eigenvalue weighted by Gasteiger charge is 2.35. The smallest absolute Gasteiger partial charge is 0.330 e. The molecule has 0 aliphatic heterocycles. The van der Waals surface area contributed by atoms with Crippen molar-refractivity contribution in [3.63, 3.8) is 0 Å². The maximum atomic E-state index is 10.5. The van der Waals surface area contributed by atoms with Crippen LogP contribution < -0.4 is 10.4 Å². The Hall–Kier alpha value is -4.90. The topological polar surface area (TPSA) is 32.7 Å². The highest BCUT2D eigenvalue weighted by molar-refractivity contribution is 6.47. The molecule has 1 N–H and O–H groups in total. The summed E-state index contributed by atoms with van der Waals surface area (Å²) in [6, 6.07) is 55.4. The lowest BCUT2D eigenvalue weighted by Crippen LogP contribution is -2.49. The Labute approximate surface area is 274 Å². The Morgan fingerprint density at radius 3 is 1.41 bits per heavy atom. The van der Waals surface area contributed by atoms with Gasteiger partial charge in [-0.25, -0.2) is 0 Å². The van der Waals surface area contributed by atoms with Gasteiger partial charge in [-0.2, -0.15) is 0 Å². The third-order valence-corrected chi connectivity index (χ3v) is 8.79. The maximum Gasteiger partial charge on any atom is 0.330 e. The Morgan fingerprint density at radius 2 is 0.891 bits per heavy atom. The largest absolute Gasteiger partial charge is 0.427 e. The normalized spacial score (nSPS) is 11.7. The van der Waals surface area contributed by atoms with Gasteiger partial charge in [-0.1, -0.05) is 133 Å².